The molecule has 0 spiro atoms. The van der Waals surface area contributed by atoms with Crippen molar-refractivity contribution < 1.29 is 17.6 Å². The van der Waals surface area contributed by atoms with Crippen LogP contribution in [0.1, 0.15) is 13.8 Å². The average Bonchev–Trinajstić information content (AvgIpc) is 2.64. The SMILES string of the molecule is CC(C)[C@H](NS(=O)(=O)c1ccccc1F)C(=O)NCCSc1ccccc1. The van der Waals surface area contributed by atoms with Crippen LogP contribution in [0.4, 0.5) is 4.39 Å². The van der Waals surface area contributed by atoms with Crippen molar-refractivity contribution in [1.29, 1.82) is 0 Å². The van der Waals surface area contributed by atoms with Gasteiger partial charge in [-0.15, -0.1) is 11.8 Å². The van der Waals surface area contributed by atoms with E-state index in [4.69, 9.17) is 0 Å². The van der Waals surface area contributed by atoms with Gasteiger partial charge in [-0.1, -0.05) is 44.2 Å². The number of carbonyl (C=O) groups is 1. The summed E-state index contributed by atoms with van der Waals surface area (Å²) in [5.41, 5.74) is 0. The first-order chi connectivity index (χ1) is 12.8. The van der Waals surface area contributed by atoms with Crippen LogP contribution in [0.2, 0.25) is 0 Å². The summed E-state index contributed by atoms with van der Waals surface area (Å²) >= 11 is 1.59. The molecule has 0 unspecified atom stereocenters. The predicted molar refractivity (Wildman–Crippen MR) is 106 cm³/mol. The van der Waals surface area contributed by atoms with Gasteiger partial charge >= 0.3 is 0 Å². The summed E-state index contributed by atoms with van der Waals surface area (Å²) in [5, 5.41) is 2.74. The highest BCUT2D eigenvalue weighted by atomic mass is 32.2. The molecule has 2 N–H and O–H groups in total. The molecule has 1 amide bonds. The van der Waals surface area contributed by atoms with Gasteiger partial charge < -0.3 is 5.32 Å². The standard InChI is InChI=1S/C19H23FN2O3S2/c1-14(2)18(22-27(24,25)17-11-7-6-10-16(17)20)19(23)21-12-13-26-15-8-4-3-5-9-15/h3-11,14,18,22H,12-13H2,1-2H3,(H,21,23)/t18-/m0/s1. The number of thioether (sulfide) groups is 1. The average molecular weight is 411 g/mol. The van der Waals surface area contributed by atoms with Crippen molar-refractivity contribution in [2.45, 2.75) is 29.7 Å². The summed E-state index contributed by atoms with van der Waals surface area (Å²) < 4.78 is 41.1. The molecule has 2 aromatic rings. The molecule has 0 saturated carbocycles. The van der Waals surface area contributed by atoms with E-state index in [1.54, 1.807) is 25.6 Å². The van der Waals surface area contributed by atoms with Gasteiger partial charge in [-0.2, -0.15) is 4.72 Å². The van der Waals surface area contributed by atoms with E-state index < -0.39 is 32.7 Å². The first-order valence-corrected chi connectivity index (χ1v) is 11.0. The number of amides is 1. The Morgan fingerprint density at radius 2 is 1.70 bits per heavy atom. The van der Waals surface area contributed by atoms with Gasteiger partial charge in [0, 0.05) is 17.2 Å². The van der Waals surface area contributed by atoms with Gasteiger partial charge in [0.2, 0.25) is 15.9 Å². The molecule has 0 radical (unpaired) electrons. The Morgan fingerprint density at radius 1 is 1.07 bits per heavy atom. The van der Waals surface area contributed by atoms with Crippen molar-refractivity contribution in [2.24, 2.45) is 5.92 Å². The molecule has 2 rings (SSSR count). The normalized spacial score (nSPS) is 12.7. The summed E-state index contributed by atoms with van der Waals surface area (Å²) in [6.45, 7) is 3.85. The van der Waals surface area contributed by atoms with Crippen LogP contribution in [0.15, 0.2) is 64.4 Å². The molecule has 2 aromatic carbocycles. The van der Waals surface area contributed by atoms with E-state index in [-0.39, 0.29) is 5.92 Å². The molecule has 0 aliphatic rings. The molecular weight excluding hydrogens is 387 g/mol. The van der Waals surface area contributed by atoms with Crippen molar-refractivity contribution in [3.05, 3.63) is 60.4 Å². The first kappa shape index (κ1) is 21.4. The number of sulfonamides is 1. The van der Waals surface area contributed by atoms with E-state index in [1.165, 1.54) is 18.2 Å². The van der Waals surface area contributed by atoms with Crippen LogP contribution in [0.25, 0.3) is 0 Å². The van der Waals surface area contributed by atoms with Gasteiger partial charge in [-0.3, -0.25) is 4.79 Å². The number of halogens is 1. The second kappa shape index (κ2) is 9.87. The smallest absolute Gasteiger partial charge is 0.244 e. The minimum absolute atomic E-state index is 0.298. The highest BCUT2D eigenvalue weighted by Gasteiger charge is 2.29. The number of hydrogen-bond donors (Lipinski definition) is 2. The first-order valence-electron chi connectivity index (χ1n) is 8.53. The maximum Gasteiger partial charge on any atom is 0.244 e. The number of benzene rings is 2. The van der Waals surface area contributed by atoms with Crippen LogP contribution < -0.4 is 10.0 Å². The van der Waals surface area contributed by atoms with E-state index in [0.29, 0.717) is 12.3 Å². The van der Waals surface area contributed by atoms with Crippen LogP contribution in [0.5, 0.6) is 0 Å². The fourth-order valence-electron chi connectivity index (χ4n) is 2.36. The molecule has 0 heterocycles. The molecule has 1 atom stereocenters. The lowest BCUT2D eigenvalue weighted by Gasteiger charge is -2.21. The van der Waals surface area contributed by atoms with E-state index in [0.717, 1.165) is 11.0 Å². The predicted octanol–water partition coefficient (Wildman–Crippen LogP) is 3.04. The molecule has 0 aromatic heterocycles. The molecule has 0 saturated heterocycles. The van der Waals surface area contributed by atoms with Gasteiger partial charge in [0.25, 0.3) is 0 Å². The van der Waals surface area contributed by atoms with E-state index in [1.807, 2.05) is 30.3 Å². The zero-order valence-electron chi connectivity index (χ0n) is 15.2. The Labute approximate surface area is 163 Å². The van der Waals surface area contributed by atoms with E-state index >= 15 is 0 Å². The Morgan fingerprint density at radius 3 is 2.33 bits per heavy atom. The number of nitrogens with one attached hydrogen (secondary N) is 2. The van der Waals surface area contributed by atoms with Crippen LogP contribution in [-0.4, -0.2) is 32.7 Å². The molecule has 0 bridgehead atoms. The fourth-order valence-corrected chi connectivity index (χ4v) is 4.57. The molecule has 8 heteroatoms. The van der Waals surface area contributed by atoms with Crippen molar-refractivity contribution in [2.75, 3.05) is 12.3 Å². The quantitative estimate of drug-likeness (QED) is 0.492. The minimum atomic E-state index is -4.14. The Hall–Kier alpha value is -1.90. The maximum absolute atomic E-state index is 13.8. The zero-order valence-corrected chi connectivity index (χ0v) is 16.8. The minimum Gasteiger partial charge on any atom is -0.354 e. The summed E-state index contributed by atoms with van der Waals surface area (Å²) in [7, 11) is -4.14. The van der Waals surface area contributed by atoms with Crippen molar-refractivity contribution in [3.8, 4) is 0 Å². The van der Waals surface area contributed by atoms with Gasteiger partial charge in [-0.05, 0) is 30.2 Å². The van der Waals surface area contributed by atoms with Crippen molar-refractivity contribution in [3.63, 3.8) is 0 Å². The molecule has 146 valence electrons. The van der Waals surface area contributed by atoms with E-state index in [2.05, 4.69) is 10.0 Å². The van der Waals surface area contributed by atoms with E-state index in [9.17, 15) is 17.6 Å². The molecule has 27 heavy (non-hydrogen) atoms. The number of carbonyl (C=O) groups excluding carboxylic acids is 1. The van der Waals surface area contributed by atoms with Crippen LogP contribution in [-0.2, 0) is 14.8 Å². The molecule has 5 nitrogen and oxygen atoms in total. The Bertz CT molecular complexity index is 858. The number of rotatable bonds is 9. The van der Waals surface area contributed by atoms with Crippen LogP contribution in [0, 0.1) is 11.7 Å². The largest absolute Gasteiger partial charge is 0.354 e. The molecule has 0 aliphatic carbocycles. The summed E-state index contributed by atoms with van der Waals surface area (Å²) in [6, 6.07) is 13.9. The van der Waals surface area contributed by atoms with Gasteiger partial charge in [0.1, 0.15) is 16.8 Å². The lowest BCUT2D eigenvalue weighted by atomic mass is 10.1. The van der Waals surface area contributed by atoms with Crippen LogP contribution >= 0.6 is 11.8 Å². The Balaban J connectivity index is 1.95. The van der Waals surface area contributed by atoms with Gasteiger partial charge in [-0.25, -0.2) is 12.8 Å². The van der Waals surface area contributed by atoms with Gasteiger partial charge in [0.15, 0.2) is 0 Å². The Kier molecular flexibility index (Phi) is 7.82. The summed E-state index contributed by atoms with van der Waals surface area (Å²) in [6.07, 6.45) is 0. The van der Waals surface area contributed by atoms with Crippen molar-refractivity contribution in [1.82, 2.24) is 10.0 Å². The van der Waals surface area contributed by atoms with Crippen molar-refractivity contribution >= 4 is 27.7 Å². The van der Waals surface area contributed by atoms with Crippen LogP contribution in [0.3, 0.4) is 0 Å². The maximum atomic E-state index is 13.8. The zero-order chi connectivity index (χ0) is 19.9. The second-order valence-corrected chi connectivity index (χ2v) is 9.08. The monoisotopic (exact) mass is 410 g/mol. The third kappa shape index (κ3) is 6.34. The highest BCUT2D eigenvalue weighted by Crippen LogP contribution is 2.17. The molecular formula is C19H23FN2O3S2. The molecule has 0 aliphatic heterocycles. The highest BCUT2D eigenvalue weighted by molar-refractivity contribution is 7.99. The number of hydrogen-bond acceptors (Lipinski definition) is 4. The van der Waals surface area contributed by atoms with Gasteiger partial charge in [0.05, 0.1) is 0 Å². The second-order valence-electron chi connectivity index (χ2n) is 6.23. The topological polar surface area (TPSA) is 75.3 Å². The summed E-state index contributed by atoms with van der Waals surface area (Å²) in [5.74, 6) is -0.931. The fraction of sp³-hybridized carbons (Fsp3) is 0.316. The lowest BCUT2D eigenvalue weighted by Crippen LogP contribution is -2.50. The summed E-state index contributed by atoms with van der Waals surface area (Å²) in [4.78, 5) is 13.1. The third-order valence-electron chi connectivity index (χ3n) is 3.77. The molecule has 0 fully saturated rings. The third-order valence-corrected chi connectivity index (χ3v) is 6.26. The lowest BCUT2D eigenvalue weighted by molar-refractivity contribution is -0.123.